The highest BCUT2D eigenvalue weighted by atomic mass is 79.9. The summed E-state index contributed by atoms with van der Waals surface area (Å²) < 4.78 is 8.09. The lowest BCUT2D eigenvalue weighted by molar-refractivity contribution is -0.112. The number of carbonyl (C=O) groups is 1. The zero-order valence-electron chi connectivity index (χ0n) is 18.4. The molecule has 0 atom stereocenters. The van der Waals surface area contributed by atoms with Gasteiger partial charge in [-0.1, -0.05) is 28.1 Å². The van der Waals surface area contributed by atoms with Gasteiger partial charge in [0, 0.05) is 16.4 Å². The summed E-state index contributed by atoms with van der Waals surface area (Å²) in [6.45, 7) is 3.90. The Kier molecular flexibility index (Phi) is 6.57. The third-order valence-electron chi connectivity index (χ3n) is 5.18. The molecule has 1 amide bonds. The first-order valence-electron chi connectivity index (χ1n) is 10.3. The molecule has 0 aliphatic carbocycles. The molecule has 0 fully saturated rings. The number of ether oxygens (including phenoxy) is 1. The molecule has 0 aliphatic rings. The summed E-state index contributed by atoms with van der Waals surface area (Å²) in [6.07, 6.45) is 2.77. The molecule has 2 heterocycles. The fourth-order valence-electron chi connectivity index (χ4n) is 3.21. The van der Waals surface area contributed by atoms with Gasteiger partial charge in [0.25, 0.3) is 11.5 Å². The van der Waals surface area contributed by atoms with E-state index in [-0.39, 0.29) is 17.0 Å². The highest BCUT2D eigenvalue weighted by Crippen LogP contribution is 2.25. The Bertz CT molecular complexity index is 1530. The van der Waals surface area contributed by atoms with Crippen molar-refractivity contribution in [3.8, 4) is 17.7 Å². The van der Waals surface area contributed by atoms with Crippen LogP contribution in [0.4, 0.5) is 5.69 Å². The molecule has 2 aromatic heterocycles. The number of carbonyl (C=O) groups excluding carboxylic acids is 1. The van der Waals surface area contributed by atoms with Gasteiger partial charge in [0.1, 0.15) is 28.6 Å². The molecule has 1 N–H and O–H groups in total. The van der Waals surface area contributed by atoms with E-state index in [9.17, 15) is 14.9 Å². The van der Waals surface area contributed by atoms with Crippen molar-refractivity contribution in [2.45, 2.75) is 13.8 Å². The van der Waals surface area contributed by atoms with Crippen LogP contribution in [0.2, 0.25) is 0 Å². The molecule has 4 rings (SSSR count). The number of aryl methyl sites for hydroxylation is 2. The van der Waals surface area contributed by atoms with Crippen LogP contribution >= 0.6 is 15.9 Å². The molecule has 34 heavy (non-hydrogen) atoms. The van der Waals surface area contributed by atoms with Gasteiger partial charge >= 0.3 is 0 Å². The molecule has 7 nitrogen and oxygen atoms in total. The van der Waals surface area contributed by atoms with E-state index < -0.39 is 11.5 Å². The third kappa shape index (κ3) is 4.90. The molecule has 0 aliphatic heterocycles. The van der Waals surface area contributed by atoms with Crippen LogP contribution in [0.25, 0.3) is 11.7 Å². The van der Waals surface area contributed by atoms with Gasteiger partial charge in [-0.05, 0) is 79.6 Å². The van der Waals surface area contributed by atoms with Crippen LogP contribution in [-0.2, 0) is 4.79 Å². The van der Waals surface area contributed by atoms with Crippen LogP contribution in [-0.4, -0.2) is 15.3 Å². The molecule has 2 aromatic carbocycles. The summed E-state index contributed by atoms with van der Waals surface area (Å²) in [5.41, 5.74) is 2.27. The summed E-state index contributed by atoms with van der Waals surface area (Å²) in [7, 11) is 0. The smallest absolute Gasteiger partial charge is 0.269 e. The number of anilines is 1. The van der Waals surface area contributed by atoms with E-state index in [0.717, 1.165) is 15.6 Å². The number of benzene rings is 2. The molecule has 0 spiro atoms. The Hall–Kier alpha value is -4.22. The molecule has 0 unspecified atom stereocenters. The van der Waals surface area contributed by atoms with Gasteiger partial charge < -0.3 is 10.1 Å². The Morgan fingerprint density at radius 2 is 1.88 bits per heavy atom. The van der Waals surface area contributed by atoms with Crippen molar-refractivity contribution < 1.29 is 9.53 Å². The van der Waals surface area contributed by atoms with Crippen molar-refractivity contribution in [3.05, 3.63) is 104 Å². The Morgan fingerprint density at radius 1 is 1.12 bits per heavy atom. The molecular weight excluding hydrogens is 496 g/mol. The zero-order valence-corrected chi connectivity index (χ0v) is 20.0. The first kappa shape index (κ1) is 23.0. The molecule has 0 bridgehead atoms. The maximum Gasteiger partial charge on any atom is 0.269 e. The van der Waals surface area contributed by atoms with Gasteiger partial charge in [0.15, 0.2) is 0 Å². The van der Waals surface area contributed by atoms with Crippen molar-refractivity contribution in [2.75, 3.05) is 5.32 Å². The van der Waals surface area contributed by atoms with E-state index in [4.69, 9.17) is 4.74 Å². The van der Waals surface area contributed by atoms with Crippen molar-refractivity contribution >= 4 is 39.2 Å². The van der Waals surface area contributed by atoms with E-state index in [1.54, 1.807) is 54.7 Å². The topological polar surface area (TPSA) is 96.5 Å². The Morgan fingerprint density at radius 3 is 2.59 bits per heavy atom. The fourth-order valence-corrected chi connectivity index (χ4v) is 3.47. The van der Waals surface area contributed by atoms with Crippen LogP contribution in [0.3, 0.4) is 0 Å². The maximum absolute atomic E-state index is 13.3. The second-order valence-corrected chi connectivity index (χ2v) is 8.46. The minimum absolute atomic E-state index is 0.00903. The number of nitrogens with zero attached hydrogens (tertiary/aromatic N) is 3. The number of pyridine rings is 1. The van der Waals surface area contributed by atoms with Crippen LogP contribution in [0, 0.1) is 25.2 Å². The number of hydrogen-bond donors (Lipinski definition) is 1. The second kappa shape index (κ2) is 9.73. The Balaban J connectivity index is 1.78. The minimum atomic E-state index is -0.641. The summed E-state index contributed by atoms with van der Waals surface area (Å²) in [6, 6.07) is 19.4. The van der Waals surface area contributed by atoms with Gasteiger partial charge in [-0.15, -0.1) is 0 Å². The van der Waals surface area contributed by atoms with Gasteiger partial charge in [0.05, 0.1) is 0 Å². The molecule has 8 heteroatoms. The number of hydrogen-bond acceptors (Lipinski definition) is 5. The van der Waals surface area contributed by atoms with E-state index in [2.05, 4.69) is 26.2 Å². The standard InChI is InChI=1S/C26H19BrN4O3/c1-16-6-9-20(13-17(16)2)29-24(32)18(15-28)14-22-25(34-21-10-7-19(27)8-11-21)30-23-5-3-4-12-31(23)26(22)33/h3-14H,1-2H3,(H,29,32). The largest absolute Gasteiger partial charge is 0.438 e. The number of aromatic nitrogens is 2. The molecule has 0 radical (unpaired) electrons. The molecular formula is C26H19BrN4O3. The average molecular weight is 515 g/mol. The van der Waals surface area contributed by atoms with E-state index in [0.29, 0.717) is 17.1 Å². The predicted octanol–water partition coefficient (Wildman–Crippen LogP) is 5.41. The molecule has 0 saturated heterocycles. The molecule has 168 valence electrons. The van der Waals surface area contributed by atoms with Crippen LogP contribution in [0.5, 0.6) is 11.6 Å². The lowest BCUT2D eigenvalue weighted by Gasteiger charge is -2.11. The Labute approximate surface area is 204 Å². The fraction of sp³-hybridized carbons (Fsp3) is 0.0769. The van der Waals surface area contributed by atoms with Crippen molar-refractivity contribution in [1.29, 1.82) is 5.26 Å². The average Bonchev–Trinajstić information content (AvgIpc) is 2.83. The zero-order chi connectivity index (χ0) is 24.2. The highest BCUT2D eigenvalue weighted by Gasteiger charge is 2.17. The number of amides is 1. The third-order valence-corrected chi connectivity index (χ3v) is 5.71. The quantitative estimate of drug-likeness (QED) is 0.283. The SMILES string of the molecule is Cc1ccc(NC(=O)C(C#N)=Cc2c(Oc3ccc(Br)cc3)nc3ccccn3c2=O)cc1C. The first-order chi connectivity index (χ1) is 16.4. The summed E-state index contributed by atoms with van der Waals surface area (Å²) in [5, 5.41) is 12.4. The monoisotopic (exact) mass is 514 g/mol. The van der Waals surface area contributed by atoms with Gasteiger partial charge in [-0.3, -0.25) is 14.0 Å². The normalized spacial score (nSPS) is 11.2. The second-order valence-electron chi connectivity index (χ2n) is 7.54. The van der Waals surface area contributed by atoms with E-state index in [1.165, 1.54) is 10.5 Å². The lowest BCUT2D eigenvalue weighted by Crippen LogP contribution is -2.20. The maximum atomic E-state index is 13.3. The number of fused-ring (bicyclic) bond motifs is 1. The first-order valence-corrected chi connectivity index (χ1v) is 11.1. The summed E-state index contributed by atoms with van der Waals surface area (Å²) in [5.74, 6) is -0.203. The summed E-state index contributed by atoms with van der Waals surface area (Å²) in [4.78, 5) is 30.6. The number of halogens is 1. The highest BCUT2D eigenvalue weighted by molar-refractivity contribution is 9.10. The van der Waals surface area contributed by atoms with E-state index in [1.807, 2.05) is 32.0 Å². The van der Waals surface area contributed by atoms with Crippen molar-refractivity contribution in [1.82, 2.24) is 9.38 Å². The minimum Gasteiger partial charge on any atom is -0.438 e. The predicted molar refractivity (Wildman–Crippen MR) is 134 cm³/mol. The number of nitrogens with one attached hydrogen (secondary N) is 1. The van der Waals surface area contributed by atoms with Crippen LogP contribution in [0.15, 0.2) is 81.7 Å². The van der Waals surface area contributed by atoms with Crippen molar-refractivity contribution in [2.24, 2.45) is 0 Å². The van der Waals surface area contributed by atoms with Crippen LogP contribution in [0.1, 0.15) is 16.7 Å². The molecule has 4 aromatic rings. The number of rotatable bonds is 5. The molecule has 0 saturated carbocycles. The lowest BCUT2D eigenvalue weighted by atomic mass is 10.1. The van der Waals surface area contributed by atoms with Gasteiger partial charge in [0.2, 0.25) is 5.88 Å². The van der Waals surface area contributed by atoms with Gasteiger partial charge in [-0.2, -0.15) is 10.2 Å². The number of nitriles is 1. The van der Waals surface area contributed by atoms with Gasteiger partial charge in [-0.25, -0.2) is 0 Å². The summed E-state index contributed by atoms with van der Waals surface area (Å²) >= 11 is 3.37. The van der Waals surface area contributed by atoms with Crippen LogP contribution < -0.4 is 15.6 Å². The van der Waals surface area contributed by atoms with Crippen molar-refractivity contribution in [3.63, 3.8) is 0 Å². The van der Waals surface area contributed by atoms with E-state index >= 15 is 0 Å².